The van der Waals surface area contributed by atoms with Gasteiger partial charge in [-0.05, 0) is 69.5 Å². The molecule has 2 rings (SSSR count). The first-order valence-corrected chi connectivity index (χ1v) is 9.41. The molecule has 0 atom stereocenters. The Labute approximate surface area is 141 Å². The first-order chi connectivity index (χ1) is 10.4. The number of nitrogens with zero attached hydrogens (tertiary/aromatic N) is 2. The fourth-order valence-corrected chi connectivity index (χ4v) is 3.75. The number of rotatable bonds is 4. The normalized spacial score (nSPS) is 19.2. The van der Waals surface area contributed by atoms with Gasteiger partial charge in [-0.1, -0.05) is 12.1 Å². The third-order valence-electron chi connectivity index (χ3n) is 3.14. The van der Waals surface area contributed by atoms with Crippen LogP contribution in [0.25, 0.3) is 6.08 Å². The van der Waals surface area contributed by atoms with Crippen LogP contribution in [0.5, 0.6) is 0 Å². The molecule has 0 saturated carbocycles. The van der Waals surface area contributed by atoms with E-state index in [1.54, 1.807) is 16.7 Å². The number of hydrogen-bond donors (Lipinski definition) is 0. The van der Waals surface area contributed by atoms with Crippen LogP contribution in [0, 0.1) is 0 Å². The van der Waals surface area contributed by atoms with Crippen molar-refractivity contribution in [3.8, 4) is 0 Å². The minimum atomic E-state index is 0.0494. The third-order valence-corrected chi connectivity index (χ3v) is 4.88. The van der Waals surface area contributed by atoms with Crippen LogP contribution in [-0.4, -0.2) is 34.3 Å². The second kappa shape index (κ2) is 7.38. The minimum Gasteiger partial charge on any atom is -0.284 e. The summed E-state index contributed by atoms with van der Waals surface area (Å²) >= 11 is 3.18. The second-order valence-corrected chi connectivity index (χ2v) is 7.55. The van der Waals surface area contributed by atoms with Gasteiger partial charge in [0.25, 0.3) is 5.91 Å². The number of carbonyl (C=O) groups is 1. The fourth-order valence-electron chi connectivity index (χ4n) is 2.10. The maximum Gasteiger partial charge on any atom is 0.266 e. The highest BCUT2D eigenvalue weighted by Crippen LogP contribution is 2.34. The number of hydrogen-bond acceptors (Lipinski definition) is 4. The monoisotopic (exact) mass is 334 g/mol. The molecule has 1 aromatic rings. The molecule has 1 aliphatic rings. The van der Waals surface area contributed by atoms with Gasteiger partial charge in [0.2, 0.25) is 0 Å². The SMILES string of the molecule is CSc1ccc(/C=C2/SC(=NC(C)C)N(C(C)C)C2=O)cc1. The maximum absolute atomic E-state index is 12.6. The Morgan fingerprint density at radius 3 is 2.32 bits per heavy atom. The van der Waals surface area contributed by atoms with Gasteiger partial charge < -0.3 is 0 Å². The molecule has 22 heavy (non-hydrogen) atoms. The number of amidine groups is 1. The molecule has 0 spiro atoms. The van der Waals surface area contributed by atoms with Crippen molar-refractivity contribution in [3.63, 3.8) is 0 Å². The molecular weight excluding hydrogens is 312 g/mol. The molecule has 0 bridgehead atoms. The Balaban J connectivity index is 2.31. The van der Waals surface area contributed by atoms with E-state index >= 15 is 0 Å². The van der Waals surface area contributed by atoms with Gasteiger partial charge >= 0.3 is 0 Å². The van der Waals surface area contributed by atoms with Crippen molar-refractivity contribution < 1.29 is 4.79 Å². The van der Waals surface area contributed by atoms with Crippen molar-refractivity contribution in [1.82, 2.24) is 4.90 Å². The first kappa shape index (κ1) is 17.2. The first-order valence-electron chi connectivity index (χ1n) is 7.37. The molecule has 1 saturated heterocycles. The lowest BCUT2D eigenvalue weighted by Crippen LogP contribution is -2.35. The lowest BCUT2D eigenvalue weighted by atomic mass is 10.2. The lowest BCUT2D eigenvalue weighted by molar-refractivity contribution is -0.123. The van der Waals surface area contributed by atoms with E-state index in [-0.39, 0.29) is 18.0 Å². The summed E-state index contributed by atoms with van der Waals surface area (Å²) in [6.07, 6.45) is 4.01. The van der Waals surface area contributed by atoms with E-state index < -0.39 is 0 Å². The van der Waals surface area contributed by atoms with E-state index in [9.17, 15) is 4.79 Å². The van der Waals surface area contributed by atoms with Crippen LogP contribution >= 0.6 is 23.5 Å². The van der Waals surface area contributed by atoms with Gasteiger partial charge in [0.05, 0.1) is 4.91 Å². The number of benzene rings is 1. The summed E-state index contributed by atoms with van der Waals surface area (Å²) in [6.45, 7) is 8.09. The molecule has 5 heteroatoms. The van der Waals surface area contributed by atoms with Crippen LogP contribution in [0.4, 0.5) is 0 Å². The molecule has 118 valence electrons. The van der Waals surface area contributed by atoms with E-state index in [2.05, 4.69) is 23.4 Å². The number of aliphatic imine (C=N–C) groups is 1. The molecule has 0 radical (unpaired) electrons. The standard InChI is InChI=1S/C17H22N2OS2/c1-11(2)18-17-19(12(3)4)16(20)15(22-17)10-13-6-8-14(21-5)9-7-13/h6-12H,1-5H3/b15-10+,18-17?. The second-order valence-electron chi connectivity index (χ2n) is 5.66. The zero-order valence-corrected chi connectivity index (χ0v) is 15.3. The van der Waals surface area contributed by atoms with Crippen molar-refractivity contribution in [3.05, 3.63) is 34.7 Å². The zero-order valence-electron chi connectivity index (χ0n) is 13.7. The molecule has 0 aromatic heterocycles. The summed E-state index contributed by atoms with van der Waals surface area (Å²) in [6, 6.07) is 8.53. The quantitative estimate of drug-likeness (QED) is 0.600. The average Bonchev–Trinajstić information content (AvgIpc) is 2.75. The Kier molecular flexibility index (Phi) is 5.75. The van der Waals surface area contributed by atoms with E-state index in [1.807, 2.05) is 45.9 Å². The molecular formula is C17H22N2OS2. The van der Waals surface area contributed by atoms with Gasteiger partial charge in [0, 0.05) is 17.0 Å². The third kappa shape index (κ3) is 3.96. The van der Waals surface area contributed by atoms with Crippen LogP contribution in [-0.2, 0) is 4.79 Å². The maximum atomic E-state index is 12.6. The lowest BCUT2D eigenvalue weighted by Gasteiger charge is -2.20. The van der Waals surface area contributed by atoms with Crippen LogP contribution in [0.1, 0.15) is 33.3 Å². The molecule has 1 heterocycles. The highest BCUT2D eigenvalue weighted by atomic mass is 32.2. The molecule has 3 nitrogen and oxygen atoms in total. The summed E-state index contributed by atoms with van der Waals surface area (Å²) < 4.78 is 0. The van der Waals surface area contributed by atoms with Crippen molar-refractivity contribution in [2.45, 2.75) is 44.7 Å². The Hall–Kier alpha value is -1.20. The number of amides is 1. The minimum absolute atomic E-state index is 0.0494. The Morgan fingerprint density at radius 1 is 1.18 bits per heavy atom. The largest absolute Gasteiger partial charge is 0.284 e. The average molecular weight is 335 g/mol. The Morgan fingerprint density at radius 2 is 1.82 bits per heavy atom. The molecule has 1 amide bonds. The van der Waals surface area contributed by atoms with Gasteiger partial charge in [-0.15, -0.1) is 11.8 Å². The zero-order chi connectivity index (χ0) is 16.3. The molecule has 1 fully saturated rings. The number of carbonyl (C=O) groups excluding carboxylic acids is 1. The highest BCUT2D eigenvalue weighted by Gasteiger charge is 2.35. The van der Waals surface area contributed by atoms with Crippen LogP contribution in [0.3, 0.4) is 0 Å². The summed E-state index contributed by atoms with van der Waals surface area (Å²) in [5.74, 6) is 0.0494. The van der Waals surface area contributed by atoms with Crippen molar-refractivity contribution >= 4 is 40.7 Å². The van der Waals surface area contributed by atoms with E-state index in [0.717, 1.165) is 15.6 Å². The molecule has 1 aromatic carbocycles. The van der Waals surface area contributed by atoms with Crippen molar-refractivity contribution in [2.75, 3.05) is 6.26 Å². The summed E-state index contributed by atoms with van der Waals surface area (Å²) in [4.78, 5) is 21.0. The van der Waals surface area contributed by atoms with Gasteiger partial charge in [0.15, 0.2) is 5.17 Å². The van der Waals surface area contributed by atoms with Gasteiger partial charge in [0.1, 0.15) is 0 Å². The summed E-state index contributed by atoms with van der Waals surface area (Å²) in [5, 5.41) is 0.807. The van der Waals surface area contributed by atoms with Crippen LogP contribution in [0.15, 0.2) is 39.1 Å². The van der Waals surface area contributed by atoms with Gasteiger partial charge in [-0.2, -0.15) is 0 Å². The summed E-state index contributed by atoms with van der Waals surface area (Å²) in [7, 11) is 0. The molecule has 0 unspecified atom stereocenters. The van der Waals surface area contributed by atoms with E-state index in [1.165, 1.54) is 16.7 Å². The molecule has 0 N–H and O–H groups in total. The van der Waals surface area contributed by atoms with E-state index in [0.29, 0.717) is 0 Å². The van der Waals surface area contributed by atoms with Crippen molar-refractivity contribution in [2.24, 2.45) is 4.99 Å². The van der Waals surface area contributed by atoms with Crippen molar-refractivity contribution in [1.29, 1.82) is 0 Å². The molecule has 1 aliphatic heterocycles. The predicted molar refractivity (Wildman–Crippen MR) is 98.3 cm³/mol. The Bertz CT molecular complexity index is 604. The van der Waals surface area contributed by atoms with E-state index in [4.69, 9.17) is 0 Å². The molecule has 0 aliphatic carbocycles. The summed E-state index contributed by atoms with van der Waals surface area (Å²) in [5.41, 5.74) is 1.04. The topological polar surface area (TPSA) is 32.7 Å². The highest BCUT2D eigenvalue weighted by molar-refractivity contribution is 8.18. The number of thioether (sulfide) groups is 2. The van der Waals surface area contributed by atoms with Gasteiger partial charge in [-0.25, -0.2) is 0 Å². The fraction of sp³-hybridized carbons (Fsp3) is 0.412. The smallest absolute Gasteiger partial charge is 0.266 e. The van der Waals surface area contributed by atoms with Crippen LogP contribution in [0.2, 0.25) is 0 Å². The van der Waals surface area contributed by atoms with Gasteiger partial charge in [-0.3, -0.25) is 14.7 Å². The predicted octanol–water partition coefficient (Wildman–Crippen LogP) is 4.50. The van der Waals surface area contributed by atoms with Crippen LogP contribution < -0.4 is 0 Å².